The van der Waals surface area contributed by atoms with E-state index < -0.39 is 5.38 Å². The molecule has 0 saturated carbocycles. The van der Waals surface area contributed by atoms with Crippen molar-refractivity contribution in [1.29, 1.82) is 0 Å². The van der Waals surface area contributed by atoms with E-state index in [1.165, 1.54) is 30.6 Å². The molecule has 18 heavy (non-hydrogen) atoms. The lowest BCUT2D eigenvalue weighted by atomic mass is 10.1. The van der Waals surface area contributed by atoms with Crippen LogP contribution in [0.4, 0.5) is 4.39 Å². The largest absolute Gasteiger partial charge is 0.496 e. The number of ether oxygens (including phenoxy) is 2. The van der Waals surface area contributed by atoms with Gasteiger partial charge in [0, 0.05) is 15.8 Å². The highest BCUT2D eigenvalue weighted by Gasteiger charge is 2.18. The minimum absolute atomic E-state index is 0.333. The quantitative estimate of drug-likeness (QED) is 0.783. The Bertz CT molecular complexity index is 542. The molecule has 5 heteroatoms. The molecule has 1 heterocycles. The van der Waals surface area contributed by atoms with Crippen molar-refractivity contribution in [3.8, 4) is 11.5 Å². The molecule has 0 saturated heterocycles. The molecule has 0 aliphatic rings. The summed E-state index contributed by atoms with van der Waals surface area (Å²) in [7, 11) is 3.13. The number of hydrogen-bond acceptors (Lipinski definition) is 3. The van der Waals surface area contributed by atoms with Gasteiger partial charge in [0.15, 0.2) is 0 Å². The van der Waals surface area contributed by atoms with Crippen LogP contribution in [0.25, 0.3) is 0 Å². The predicted molar refractivity (Wildman–Crippen MR) is 71.5 cm³/mol. The molecule has 0 fully saturated rings. The van der Waals surface area contributed by atoms with Crippen molar-refractivity contribution in [2.24, 2.45) is 0 Å². The Balaban J connectivity index is 2.38. The molecular weight excluding hydrogens is 275 g/mol. The molecule has 1 aromatic carbocycles. The summed E-state index contributed by atoms with van der Waals surface area (Å²) in [6.45, 7) is 0. The number of alkyl halides is 1. The zero-order valence-corrected chi connectivity index (χ0v) is 11.5. The van der Waals surface area contributed by atoms with Gasteiger partial charge in [0.2, 0.25) is 0 Å². The molecule has 0 aliphatic carbocycles. The van der Waals surface area contributed by atoms with Crippen LogP contribution in [-0.2, 0) is 0 Å². The number of halogens is 2. The van der Waals surface area contributed by atoms with Crippen LogP contribution < -0.4 is 9.47 Å². The van der Waals surface area contributed by atoms with Gasteiger partial charge >= 0.3 is 0 Å². The van der Waals surface area contributed by atoms with E-state index in [0.717, 1.165) is 10.6 Å². The van der Waals surface area contributed by atoms with E-state index in [0.29, 0.717) is 11.3 Å². The van der Waals surface area contributed by atoms with Gasteiger partial charge in [0.25, 0.3) is 0 Å². The first kappa shape index (κ1) is 13.2. The number of thiophene rings is 1. The maximum atomic E-state index is 13.3. The molecule has 0 spiro atoms. The van der Waals surface area contributed by atoms with Crippen LogP contribution in [0.2, 0.25) is 0 Å². The smallest absolute Gasteiger partial charge is 0.129 e. The van der Waals surface area contributed by atoms with Crippen molar-refractivity contribution in [3.63, 3.8) is 0 Å². The molecule has 1 unspecified atom stereocenters. The van der Waals surface area contributed by atoms with Crippen LogP contribution in [0.15, 0.2) is 29.6 Å². The number of methoxy groups -OCH3 is 2. The molecule has 0 bridgehead atoms. The highest BCUT2D eigenvalue weighted by Crippen LogP contribution is 2.39. The van der Waals surface area contributed by atoms with Crippen LogP contribution in [0.3, 0.4) is 0 Å². The zero-order valence-electron chi connectivity index (χ0n) is 9.94. The van der Waals surface area contributed by atoms with Crippen LogP contribution in [0.1, 0.15) is 15.8 Å². The third kappa shape index (κ3) is 2.60. The van der Waals surface area contributed by atoms with Crippen LogP contribution in [-0.4, -0.2) is 14.2 Å². The lowest BCUT2D eigenvalue weighted by Gasteiger charge is -2.12. The second kappa shape index (κ2) is 5.59. The van der Waals surface area contributed by atoms with E-state index >= 15 is 0 Å². The Morgan fingerprint density at radius 1 is 1.22 bits per heavy atom. The fourth-order valence-corrected chi connectivity index (χ4v) is 2.87. The summed E-state index contributed by atoms with van der Waals surface area (Å²) in [6.07, 6.45) is 0. The SMILES string of the molecule is COc1csc(C(Cl)c2cc(F)ccc2OC)c1. The predicted octanol–water partition coefficient (Wildman–Crippen LogP) is 4.23. The minimum Gasteiger partial charge on any atom is -0.496 e. The van der Waals surface area contributed by atoms with E-state index in [-0.39, 0.29) is 5.82 Å². The number of hydrogen-bond donors (Lipinski definition) is 0. The van der Waals surface area contributed by atoms with Gasteiger partial charge in [-0.2, -0.15) is 0 Å². The van der Waals surface area contributed by atoms with E-state index in [9.17, 15) is 4.39 Å². The lowest BCUT2D eigenvalue weighted by Crippen LogP contribution is -1.96. The van der Waals surface area contributed by atoms with E-state index in [4.69, 9.17) is 21.1 Å². The Morgan fingerprint density at radius 2 is 2.00 bits per heavy atom. The van der Waals surface area contributed by atoms with Crippen molar-refractivity contribution >= 4 is 22.9 Å². The number of rotatable bonds is 4. The summed E-state index contributed by atoms with van der Waals surface area (Å²) in [5, 5.41) is 1.40. The first-order chi connectivity index (χ1) is 8.65. The molecule has 0 radical (unpaired) electrons. The third-order valence-electron chi connectivity index (χ3n) is 2.55. The molecule has 2 aromatic rings. The highest BCUT2D eigenvalue weighted by atomic mass is 35.5. The first-order valence-corrected chi connectivity index (χ1v) is 6.57. The molecule has 0 aliphatic heterocycles. The Kier molecular flexibility index (Phi) is 4.09. The first-order valence-electron chi connectivity index (χ1n) is 5.25. The van der Waals surface area contributed by atoms with E-state index in [1.807, 2.05) is 11.4 Å². The fourth-order valence-electron chi connectivity index (χ4n) is 1.63. The maximum Gasteiger partial charge on any atom is 0.129 e. The second-order valence-electron chi connectivity index (χ2n) is 3.64. The number of benzene rings is 1. The van der Waals surface area contributed by atoms with E-state index in [2.05, 4.69) is 0 Å². The van der Waals surface area contributed by atoms with Gasteiger partial charge in [-0.15, -0.1) is 22.9 Å². The van der Waals surface area contributed by atoms with Gasteiger partial charge in [-0.3, -0.25) is 0 Å². The third-order valence-corrected chi connectivity index (χ3v) is 4.12. The Hall–Kier alpha value is -1.26. The Morgan fingerprint density at radius 3 is 2.61 bits per heavy atom. The minimum atomic E-state index is -0.454. The van der Waals surface area contributed by atoms with Crippen LogP contribution in [0, 0.1) is 5.82 Å². The summed E-state index contributed by atoms with van der Waals surface area (Å²) in [5.41, 5.74) is 0.615. The zero-order chi connectivity index (χ0) is 13.1. The summed E-state index contributed by atoms with van der Waals surface area (Å²) < 4.78 is 23.6. The van der Waals surface area contributed by atoms with Crippen molar-refractivity contribution in [1.82, 2.24) is 0 Å². The molecule has 2 nitrogen and oxygen atoms in total. The van der Waals surface area contributed by atoms with Gasteiger partial charge in [0.05, 0.1) is 19.6 Å². The van der Waals surface area contributed by atoms with Crippen molar-refractivity contribution in [3.05, 3.63) is 45.9 Å². The van der Waals surface area contributed by atoms with Gasteiger partial charge in [-0.1, -0.05) is 0 Å². The summed E-state index contributed by atoms with van der Waals surface area (Å²) in [6, 6.07) is 6.15. The van der Waals surface area contributed by atoms with E-state index in [1.54, 1.807) is 13.2 Å². The summed E-state index contributed by atoms with van der Waals surface area (Å²) >= 11 is 7.83. The van der Waals surface area contributed by atoms with Crippen LogP contribution in [0.5, 0.6) is 11.5 Å². The average molecular weight is 287 g/mol. The van der Waals surface area contributed by atoms with Gasteiger partial charge in [0.1, 0.15) is 17.3 Å². The van der Waals surface area contributed by atoms with Crippen molar-refractivity contribution in [2.45, 2.75) is 5.38 Å². The lowest BCUT2D eigenvalue weighted by molar-refractivity contribution is 0.408. The summed E-state index contributed by atoms with van der Waals surface area (Å²) in [4.78, 5) is 0.886. The Labute approximate surface area is 114 Å². The molecule has 96 valence electrons. The van der Waals surface area contributed by atoms with Gasteiger partial charge < -0.3 is 9.47 Å². The second-order valence-corrected chi connectivity index (χ2v) is 5.02. The topological polar surface area (TPSA) is 18.5 Å². The summed E-state index contributed by atoms with van der Waals surface area (Å²) in [5.74, 6) is 0.986. The molecule has 1 atom stereocenters. The van der Waals surface area contributed by atoms with Gasteiger partial charge in [-0.05, 0) is 24.3 Å². The maximum absolute atomic E-state index is 13.3. The molecule has 0 N–H and O–H groups in total. The highest BCUT2D eigenvalue weighted by molar-refractivity contribution is 7.10. The standard InChI is InChI=1S/C13H12ClFO2S/c1-16-9-6-12(18-7-9)13(14)10-5-8(15)3-4-11(10)17-2/h3-7,13H,1-2H3. The molecular formula is C13H12ClFO2S. The normalized spacial score (nSPS) is 12.2. The molecule has 0 amide bonds. The van der Waals surface area contributed by atoms with Crippen LogP contribution >= 0.6 is 22.9 Å². The monoisotopic (exact) mass is 286 g/mol. The fraction of sp³-hybridized carbons (Fsp3) is 0.231. The molecule has 2 rings (SSSR count). The van der Waals surface area contributed by atoms with Crippen molar-refractivity contribution < 1.29 is 13.9 Å². The van der Waals surface area contributed by atoms with Gasteiger partial charge in [-0.25, -0.2) is 4.39 Å². The average Bonchev–Trinajstić information content (AvgIpc) is 2.86. The molecule has 1 aromatic heterocycles. The van der Waals surface area contributed by atoms with Crippen molar-refractivity contribution in [2.75, 3.05) is 14.2 Å².